The van der Waals surface area contributed by atoms with Gasteiger partial charge < -0.3 is 20.4 Å². The molecular weight excluding hydrogens is 234 g/mol. The van der Waals surface area contributed by atoms with Crippen LogP contribution < -0.4 is 5.32 Å². The lowest BCUT2D eigenvalue weighted by Crippen LogP contribution is -2.36. The van der Waals surface area contributed by atoms with E-state index < -0.39 is 0 Å². The van der Waals surface area contributed by atoms with Crippen molar-refractivity contribution in [3.63, 3.8) is 0 Å². The third-order valence-electron chi connectivity index (χ3n) is 2.45. The van der Waals surface area contributed by atoms with Crippen LogP contribution in [0.3, 0.4) is 0 Å². The fourth-order valence-electron chi connectivity index (χ4n) is 1.64. The number of nitrogens with zero attached hydrogens (tertiary/aromatic N) is 2. The minimum atomic E-state index is -0.226. The molecule has 6 heteroatoms. The number of rotatable bonds is 7. The number of hydrogen-bond acceptors (Lipinski definition) is 5. The summed E-state index contributed by atoms with van der Waals surface area (Å²) in [5.74, 6) is -0.226. The normalized spacial score (nSPS) is 10.2. The van der Waals surface area contributed by atoms with E-state index in [2.05, 4.69) is 10.3 Å². The Kier molecular flexibility index (Phi) is 6.10. The molecule has 0 aliphatic heterocycles. The highest BCUT2D eigenvalue weighted by molar-refractivity contribution is 5.99. The van der Waals surface area contributed by atoms with Gasteiger partial charge >= 0.3 is 0 Å². The van der Waals surface area contributed by atoms with Crippen LogP contribution in [0.15, 0.2) is 18.5 Å². The van der Waals surface area contributed by atoms with Gasteiger partial charge in [0.05, 0.1) is 30.7 Å². The summed E-state index contributed by atoms with van der Waals surface area (Å²) in [6, 6.07) is 1.63. The van der Waals surface area contributed by atoms with Gasteiger partial charge in [0, 0.05) is 25.8 Å². The molecule has 1 aromatic rings. The topological polar surface area (TPSA) is 85.7 Å². The number of pyridine rings is 1. The van der Waals surface area contributed by atoms with E-state index in [9.17, 15) is 4.79 Å². The summed E-state index contributed by atoms with van der Waals surface area (Å²) in [6.07, 6.45) is 3.14. The fourth-order valence-corrected chi connectivity index (χ4v) is 1.64. The zero-order chi connectivity index (χ0) is 13.4. The molecule has 18 heavy (non-hydrogen) atoms. The molecule has 3 N–H and O–H groups in total. The molecule has 0 spiro atoms. The Morgan fingerprint density at radius 1 is 1.39 bits per heavy atom. The summed E-state index contributed by atoms with van der Waals surface area (Å²) < 4.78 is 0. The molecule has 0 saturated heterocycles. The van der Waals surface area contributed by atoms with Gasteiger partial charge in [0.15, 0.2) is 0 Å². The average Bonchev–Trinajstić information content (AvgIpc) is 2.39. The lowest BCUT2D eigenvalue weighted by atomic mass is 10.2. The standard InChI is InChI=1S/C12H19N3O3/c1-2-14-11-9-13-4-3-10(11)12(18)15(5-7-16)6-8-17/h3-4,9,14,16-17H,2,5-8H2,1H3. The third kappa shape index (κ3) is 3.68. The highest BCUT2D eigenvalue weighted by Crippen LogP contribution is 2.15. The second-order valence-corrected chi connectivity index (χ2v) is 3.69. The van der Waals surface area contributed by atoms with Crippen molar-refractivity contribution in [3.05, 3.63) is 24.0 Å². The minimum absolute atomic E-state index is 0.132. The van der Waals surface area contributed by atoms with Crippen LogP contribution in [0.2, 0.25) is 0 Å². The molecule has 0 aliphatic rings. The number of hydrogen-bond donors (Lipinski definition) is 3. The number of nitrogens with one attached hydrogen (secondary N) is 1. The van der Waals surface area contributed by atoms with E-state index in [-0.39, 0.29) is 32.2 Å². The summed E-state index contributed by atoms with van der Waals surface area (Å²) in [6.45, 7) is 2.76. The largest absolute Gasteiger partial charge is 0.395 e. The summed E-state index contributed by atoms with van der Waals surface area (Å²) in [7, 11) is 0. The van der Waals surface area contributed by atoms with Crippen molar-refractivity contribution >= 4 is 11.6 Å². The van der Waals surface area contributed by atoms with Gasteiger partial charge in [-0.05, 0) is 13.0 Å². The van der Waals surface area contributed by atoms with Crippen LogP contribution in [0, 0.1) is 0 Å². The van der Waals surface area contributed by atoms with Crippen LogP contribution in [0.25, 0.3) is 0 Å². The van der Waals surface area contributed by atoms with Crippen molar-refractivity contribution in [1.29, 1.82) is 0 Å². The molecule has 0 aromatic carbocycles. The van der Waals surface area contributed by atoms with Gasteiger partial charge in [-0.1, -0.05) is 0 Å². The van der Waals surface area contributed by atoms with Gasteiger partial charge in [0.1, 0.15) is 0 Å². The van der Waals surface area contributed by atoms with Crippen molar-refractivity contribution in [2.75, 3.05) is 38.2 Å². The smallest absolute Gasteiger partial charge is 0.256 e. The molecule has 1 rings (SSSR count). The number of aliphatic hydroxyl groups is 2. The molecule has 100 valence electrons. The highest BCUT2D eigenvalue weighted by Gasteiger charge is 2.17. The van der Waals surface area contributed by atoms with Crippen molar-refractivity contribution in [1.82, 2.24) is 9.88 Å². The molecule has 1 heterocycles. The van der Waals surface area contributed by atoms with Gasteiger partial charge in [-0.3, -0.25) is 9.78 Å². The lowest BCUT2D eigenvalue weighted by Gasteiger charge is -2.22. The fraction of sp³-hybridized carbons (Fsp3) is 0.500. The summed E-state index contributed by atoms with van der Waals surface area (Å²) in [5.41, 5.74) is 1.15. The van der Waals surface area contributed by atoms with Crippen LogP contribution in [0.5, 0.6) is 0 Å². The van der Waals surface area contributed by atoms with Crippen molar-refractivity contribution in [2.24, 2.45) is 0 Å². The van der Waals surface area contributed by atoms with Crippen molar-refractivity contribution in [2.45, 2.75) is 6.92 Å². The highest BCUT2D eigenvalue weighted by atomic mass is 16.3. The first kappa shape index (κ1) is 14.4. The molecule has 0 saturated carbocycles. The van der Waals surface area contributed by atoms with Crippen LogP contribution in [-0.4, -0.2) is 58.9 Å². The second kappa shape index (κ2) is 7.62. The molecule has 0 unspecified atom stereocenters. The lowest BCUT2D eigenvalue weighted by molar-refractivity contribution is 0.0685. The Balaban J connectivity index is 2.92. The van der Waals surface area contributed by atoms with E-state index in [4.69, 9.17) is 10.2 Å². The molecule has 1 amide bonds. The van der Waals surface area contributed by atoms with Crippen LogP contribution in [0.4, 0.5) is 5.69 Å². The predicted molar refractivity (Wildman–Crippen MR) is 68.5 cm³/mol. The van der Waals surface area contributed by atoms with Gasteiger partial charge in [-0.15, -0.1) is 0 Å². The Morgan fingerprint density at radius 2 is 2.06 bits per heavy atom. The number of aliphatic hydroxyl groups excluding tert-OH is 2. The summed E-state index contributed by atoms with van der Waals surface area (Å²) >= 11 is 0. The van der Waals surface area contributed by atoms with Crippen molar-refractivity contribution < 1.29 is 15.0 Å². The average molecular weight is 253 g/mol. The maximum absolute atomic E-state index is 12.3. The Hall–Kier alpha value is -1.66. The molecule has 0 bridgehead atoms. The van der Waals surface area contributed by atoms with Crippen LogP contribution >= 0.6 is 0 Å². The molecule has 0 fully saturated rings. The van der Waals surface area contributed by atoms with Crippen LogP contribution in [-0.2, 0) is 0 Å². The third-order valence-corrected chi connectivity index (χ3v) is 2.45. The Bertz CT molecular complexity index is 379. The maximum Gasteiger partial charge on any atom is 0.256 e. The first-order valence-electron chi connectivity index (χ1n) is 5.93. The monoisotopic (exact) mass is 253 g/mol. The van der Waals surface area contributed by atoms with E-state index in [1.54, 1.807) is 18.5 Å². The predicted octanol–water partition coefficient (Wildman–Crippen LogP) is -0.0598. The molecular formula is C12H19N3O3. The zero-order valence-electron chi connectivity index (χ0n) is 10.5. The van der Waals surface area contributed by atoms with Gasteiger partial charge in [-0.25, -0.2) is 0 Å². The van der Waals surface area contributed by atoms with E-state index in [0.29, 0.717) is 17.8 Å². The summed E-state index contributed by atoms with van der Waals surface area (Å²) in [5, 5.41) is 20.9. The number of anilines is 1. The second-order valence-electron chi connectivity index (χ2n) is 3.69. The first-order chi connectivity index (χ1) is 8.74. The number of carbonyl (C=O) groups is 1. The van der Waals surface area contributed by atoms with Gasteiger partial charge in [0.2, 0.25) is 0 Å². The van der Waals surface area contributed by atoms with E-state index in [1.807, 2.05) is 6.92 Å². The number of aromatic nitrogens is 1. The van der Waals surface area contributed by atoms with E-state index >= 15 is 0 Å². The number of amides is 1. The van der Waals surface area contributed by atoms with Crippen molar-refractivity contribution in [3.8, 4) is 0 Å². The minimum Gasteiger partial charge on any atom is -0.395 e. The summed E-state index contributed by atoms with van der Waals surface area (Å²) in [4.78, 5) is 17.6. The Morgan fingerprint density at radius 3 is 2.61 bits per heavy atom. The van der Waals surface area contributed by atoms with E-state index in [0.717, 1.165) is 0 Å². The first-order valence-corrected chi connectivity index (χ1v) is 5.93. The zero-order valence-corrected chi connectivity index (χ0v) is 10.5. The van der Waals surface area contributed by atoms with Crippen LogP contribution in [0.1, 0.15) is 17.3 Å². The molecule has 0 atom stereocenters. The molecule has 1 aromatic heterocycles. The maximum atomic E-state index is 12.3. The van der Waals surface area contributed by atoms with Gasteiger partial charge in [-0.2, -0.15) is 0 Å². The quantitative estimate of drug-likeness (QED) is 0.634. The Labute approximate surface area is 106 Å². The molecule has 0 radical (unpaired) electrons. The molecule has 0 aliphatic carbocycles. The SMILES string of the molecule is CCNc1cnccc1C(=O)N(CCO)CCO. The van der Waals surface area contributed by atoms with E-state index in [1.165, 1.54) is 4.90 Å². The molecule has 6 nitrogen and oxygen atoms in total. The number of carbonyl (C=O) groups excluding carboxylic acids is 1. The van der Waals surface area contributed by atoms with Gasteiger partial charge in [0.25, 0.3) is 5.91 Å².